The van der Waals surface area contributed by atoms with Gasteiger partial charge in [-0.05, 0) is 29.8 Å². The van der Waals surface area contributed by atoms with E-state index in [-0.39, 0.29) is 17.5 Å². The summed E-state index contributed by atoms with van der Waals surface area (Å²) in [5.74, 6) is -0.670. The van der Waals surface area contributed by atoms with E-state index in [1.165, 1.54) is 12.1 Å². The van der Waals surface area contributed by atoms with E-state index in [1.807, 2.05) is 0 Å². The van der Waals surface area contributed by atoms with Crippen LogP contribution < -0.4 is 10.2 Å². The molecule has 1 N–H and O–H groups in total. The number of benzene rings is 2. The van der Waals surface area contributed by atoms with E-state index in [2.05, 4.69) is 10.3 Å². The van der Waals surface area contributed by atoms with E-state index in [4.69, 9.17) is 11.6 Å². The molecule has 1 aromatic heterocycles. The smallest absolute Gasteiger partial charge is 0.306 e. The van der Waals surface area contributed by atoms with Crippen LogP contribution in [-0.4, -0.2) is 23.3 Å². The maximum Gasteiger partial charge on any atom is 0.416 e. The summed E-state index contributed by atoms with van der Waals surface area (Å²) >= 11 is 7.28. The third-order valence-corrected chi connectivity index (χ3v) is 6.07. The largest absolute Gasteiger partial charge is 0.416 e. The van der Waals surface area contributed by atoms with E-state index in [9.17, 15) is 22.8 Å². The molecule has 5 nitrogen and oxygen atoms in total. The number of halogens is 4. The first-order valence-electron chi connectivity index (χ1n) is 9.24. The van der Waals surface area contributed by atoms with Crippen molar-refractivity contribution in [3.63, 3.8) is 0 Å². The summed E-state index contributed by atoms with van der Waals surface area (Å²) in [5, 5.41) is 3.37. The molecule has 2 amide bonds. The lowest BCUT2D eigenvalue weighted by molar-refractivity contribution is -0.137. The number of hydrogen-bond acceptors (Lipinski definition) is 4. The fourth-order valence-corrected chi connectivity index (χ4v) is 4.46. The number of alkyl halides is 3. The molecule has 0 atom stereocenters. The lowest BCUT2D eigenvalue weighted by Gasteiger charge is -2.26. The van der Waals surface area contributed by atoms with Crippen molar-refractivity contribution in [1.29, 1.82) is 0 Å². The first-order chi connectivity index (χ1) is 14.7. The SMILES string of the molecule is O=C(Cc1ccc(C(F)(F)F)cc1)Nc1nc2c(s1)C(=O)N(c1ccccc1Cl)CC2. The lowest BCUT2D eigenvalue weighted by Crippen LogP contribution is -2.37. The standard InChI is InChI=1S/C21H15ClF3N3O2S/c22-14-3-1-2-4-16(14)28-10-9-15-18(19(28)30)31-20(26-15)27-17(29)11-12-5-7-13(8-6-12)21(23,24)25/h1-8H,9-11H2,(H,26,27,29). The van der Waals surface area contributed by atoms with Crippen LogP contribution in [0.15, 0.2) is 48.5 Å². The second-order valence-electron chi connectivity index (χ2n) is 6.87. The minimum absolute atomic E-state index is 0.109. The predicted molar refractivity (Wildman–Crippen MR) is 113 cm³/mol. The molecule has 0 unspecified atom stereocenters. The monoisotopic (exact) mass is 465 g/mol. The van der Waals surface area contributed by atoms with Crippen molar-refractivity contribution < 1.29 is 22.8 Å². The van der Waals surface area contributed by atoms with Crippen LogP contribution in [0.4, 0.5) is 24.0 Å². The van der Waals surface area contributed by atoms with Crippen molar-refractivity contribution in [2.75, 3.05) is 16.8 Å². The molecule has 4 rings (SSSR count). The molecule has 0 saturated carbocycles. The number of carbonyl (C=O) groups is 2. The minimum Gasteiger partial charge on any atom is -0.306 e. The van der Waals surface area contributed by atoms with Crippen LogP contribution in [0.2, 0.25) is 5.02 Å². The third-order valence-electron chi connectivity index (χ3n) is 4.74. The van der Waals surface area contributed by atoms with E-state index in [1.54, 1.807) is 29.2 Å². The van der Waals surface area contributed by atoms with E-state index in [0.717, 1.165) is 23.5 Å². The molecular weight excluding hydrogens is 451 g/mol. The topological polar surface area (TPSA) is 62.3 Å². The molecule has 3 aromatic rings. The molecule has 10 heteroatoms. The van der Waals surface area contributed by atoms with Crippen LogP contribution in [0.3, 0.4) is 0 Å². The Bertz CT molecular complexity index is 1150. The van der Waals surface area contributed by atoms with Gasteiger partial charge in [-0.25, -0.2) is 4.98 Å². The normalized spacial score (nSPS) is 13.8. The Morgan fingerprint density at radius 1 is 1.16 bits per heavy atom. The number of thiazole rings is 1. The summed E-state index contributed by atoms with van der Waals surface area (Å²) in [6.07, 6.45) is -4.02. The van der Waals surface area contributed by atoms with Gasteiger partial charge in [0.05, 0.1) is 28.4 Å². The van der Waals surface area contributed by atoms with Crippen LogP contribution in [0.5, 0.6) is 0 Å². The van der Waals surface area contributed by atoms with Crippen LogP contribution in [0.25, 0.3) is 0 Å². The summed E-state index contributed by atoms with van der Waals surface area (Å²) in [5.41, 5.74) is 0.878. The van der Waals surface area contributed by atoms with Gasteiger partial charge in [0.15, 0.2) is 5.13 Å². The molecule has 0 aliphatic carbocycles. The summed E-state index contributed by atoms with van der Waals surface area (Å²) in [6.45, 7) is 0.415. The Kier molecular flexibility index (Phi) is 5.72. The van der Waals surface area contributed by atoms with Crippen molar-refractivity contribution in [2.45, 2.75) is 19.0 Å². The van der Waals surface area contributed by atoms with Crippen LogP contribution in [0.1, 0.15) is 26.5 Å². The van der Waals surface area contributed by atoms with Crippen molar-refractivity contribution in [3.05, 3.63) is 75.3 Å². The number of fused-ring (bicyclic) bond motifs is 1. The van der Waals surface area contributed by atoms with Gasteiger partial charge >= 0.3 is 6.18 Å². The van der Waals surface area contributed by atoms with Crippen LogP contribution >= 0.6 is 22.9 Å². The number of carbonyl (C=O) groups excluding carboxylic acids is 2. The van der Waals surface area contributed by atoms with E-state index >= 15 is 0 Å². The fraction of sp³-hybridized carbons (Fsp3) is 0.190. The van der Waals surface area contributed by atoms with Crippen molar-refractivity contribution in [2.24, 2.45) is 0 Å². The first kappa shape index (κ1) is 21.3. The Morgan fingerprint density at radius 3 is 2.55 bits per heavy atom. The Hall–Kier alpha value is -2.91. The van der Waals surface area contributed by atoms with Gasteiger partial charge in [0.1, 0.15) is 4.88 Å². The van der Waals surface area contributed by atoms with Gasteiger partial charge in [-0.1, -0.05) is 47.2 Å². The summed E-state index contributed by atoms with van der Waals surface area (Å²) in [7, 11) is 0. The average molecular weight is 466 g/mol. The molecule has 0 fully saturated rings. The third kappa shape index (κ3) is 4.57. The molecule has 1 aliphatic rings. The lowest BCUT2D eigenvalue weighted by atomic mass is 10.1. The van der Waals surface area contributed by atoms with Crippen molar-refractivity contribution in [3.8, 4) is 0 Å². The number of nitrogens with zero attached hydrogens (tertiary/aromatic N) is 2. The van der Waals surface area contributed by atoms with E-state index in [0.29, 0.717) is 39.8 Å². The molecule has 0 bridgehead atoms. The highest BCUT2D eigenvalue weighted by Gasteiger charge is 2.31. The fourth-order valence-electron chi connectivity index (χ4n) is 3.24. The quantitative estimate of drug-likeness (QED) is 0.576. The Balaban J connectivity index is 1.45. The molecule has 160 valence electrons. The molecule has 0 saturated heterocycles. The maximum atomic E-state index is 12.9. The minimum atomic E-state index is -4.43. The Morgan fingerprint density at radius 2 is 1.87 bits per heavy atom. The zero-order chi connectivity index (χ0) is 22.2. The van der Waals surface area contributed by atoms with Crippen LogP contribution in [-0.2, 0) is 23.8 Å². The number of nitrogens with one attached hydrogen (secondary N) is 1. The highest BCUT2D eigenvalue weighted by atomic mass is 35.5. The number of rotatable bonds is 4. The van der Waals surface area contributed by atoms with Crippen molar-refractivity contribution in [1.82, 2.24) is 4.98 Å². The van der Waals surface area contributed by atoms with Gasteiger partial charge in [0, 0.05) is 13.0 Å². The molecule has 0 spiro atoms. The Labute approximate surface area is 184 Å². The molecule has 1 aliphatic heterocycles. The number of aromatic nitrogens is 1. The van der Waals surface area contributed by atoms with Gasteiger partial charge in [-0.3, -0.25) is 9.59 Å². The predicted octanol–water partition coefficient (Wildman–Crippen LogP) is 5.20. The first-order valence-corrected chi connectivity index (χ1v) is 10.4. The molecule has 2 heterocycles. The van der Waals surface area contributed by atoms with Gasteiger partial charge in [0.25, 0.3) is 5.91 Å². The van der Waals surface area contributed by atoms with Gasteiger partial charge < -0.3 is 10.2 Å². The number of amides is 2. The number of anilines is 2. The maximum absolute atomic E-state index is 12.9. The van der Waals surface area contributed by atoms with E-state index < -0.39 is 17.6 Å². The zero-order valence-electron chi connectivity index (χ0n) is 15.9. The van der Waals surface area contributed by atoms with Gasteiger partial charge in [0.2, 0.25) is 5.91 Å². The van der Waals surface area contributed by atoms with Crippen LogP contribution in [0, 0.1) is 0 Å². The van der Waals surface area contributed by atoms with Gasteiger partial charge in [-0.15, -0.1) is 0 Å². The van der Waals surface area contributed by atoms with Crippen molar-refractivity contribution >= 4 is 45.6 Å². The highest BCUT2D eigenvalue weighted by molar-refractivity contribution is 7.18. The molecule has 31 heavy (non-hydrogen) atoms. The molecule has 0 radical (unpaired) electrons. The average Bonchev–Trinajstić information content (AvgIpc) is 3.12. The summed E-state index contributed by atoms with van der Waals surface area (Å²) < 4.78 is 37.9. The summed E-state index contributed by atoms with van der Waals surface area (Å²) in [6, 6.07) is 11.4. The second-order valence-corrected chi connectivity index (χ2v) is 8.28. The second kappa shape index (κ2) is 8.32. The number of para-hydroxylation sites is 1. The molecule has 2 aromatic carbocycles. The number of hydrogen-bond donors (Lipinski definition) is 1. The molecular formula is C21H15ClF3N3O2S. The summed E-state index contributed by atoms with van der Waals surface area (Å²) in [4.78, 5) is 31.6. The zero-order valence-corrected chi connectivity index (χ0v) is 17.4. The highest BCUT2D eigenvalue weighted by Crippen LogP contribution is 2.34. The van der Waals surface area contributed by atoms with Gasteiger partial charge in [-0.2, -0.15) is 13.2 Å².